The van der Waals surface area contributed by atoms with Crippen molar-refractivity contribution in [3.05, 3.63) is 24.0 Å². The van der Waals surface area contributed by atoms with Crippen molar-refractivity contribution in [3.63, 3.8) is 0 Å². The Morgan fingerprint density at radius 2 is 2.31 bits per heavy atom. The van der Waals surface area contributed by atoms with Gasteiger partial charge in [0.2, 0.25) is 0 Å². The lowest BCUT2D eigenvalue weighted by molar-refractivity contribution is -0.142. The van der Waals surface area contributed by atoms with Crippen LogP contribution in [0.1, 0.15) is 12.6 Å². The van der Waals surface area contributed by atoms with Crippen molar-refractivity contribution >= 4 is 11.7 Å². The maximum atomic E-state index is 11.0. The SMILES string of the molecule is Cc1cc(N2C[C@@H](C)[C@H](C(=O)O)C2)ccn1. The summed E-state index contributed by atoms with van der Waals surface area (Å²) in [5, 5.41) is 9.06. The fourth-order valence-corrected chi connectivity index (χ4v) is 2.23. The first-order valence-corrected chi connectivity index (χ1v) is 5.48. The number of nitrogens with zero attached hydrogens (tertiary/aromatic N) is 2. The highest BCUT2D eigenvalue weighted by Gasteiger charge is 2.34. The van der Waals surface area contributed by atoms with Crippen LogP contribution in [0.4, 0.5) is 5.69 Å². The van der Waals surface area contributed by atoms with Gasteiger partial charge in [0.1, 0.15) is 0 Å². The molecule has 1 saturated heterocycles. The second-order valence-corrected chi connectivity index (χ2v) is 4.48. The highest BCUT2D eigenvalue weighted by molar-refractivity contribution is 5.72. The number of carboxylic acids is 1. The molecule has 1 fully saturated rings. The number of carboxylic acid groups (broad SMARTS) is 1. The Morgan fingerprint density at radius 3 is 2.88 bits per heavy atom. The Morgan fingerprint density at radius 1 is 1.56 bits per heavy atom. The number of aryl methyl sites for hydroxylation is 1. The van der Waals surface area contributed by atoms with Crippen molar-refractivity contribution in [3.8, 4) is 0 Å². The highest BCUT2D eigenvalue weighted by atomic mass is 16.4. The number of aliphatic carboxylic acids is 1. The zero-order valence-corrected chi connectivity index (χ0v) is 9.55. The lowest BCUT2D eigenvalue weighted by atomic mass is 9.99. The standard InChI is InChI=1S/C12H16N2O2/c1-8-6-14(7-11(8)12(15)16)10-3-4-13-9(2)5-10/h3-5,8,11H,6-7H2,1-2H3,(H,15,16)/t8-,11-/m1/s1. The summed E-state index contributed by atoms with van der Waals surface area (Å²) in [4.78, 5) is 17.3. The third kappa shape index (κ3) is 2.01. The normalized spacial score (nSPS) is 24.8. The molecule has 0 bridgehead atoms. The molecular formula is C12H16N2O2. The average Bonchev–Trinajstić information content (AvgIpc) is 2.60. The van der Waals surface area contributed by atoms with E-state index in [1.165, 1.54) is 0 Å². The second-order valence-electron chi connectivity index (χ2n) is 4.48. The van der Waals surface area contributed by atoms with Crippen LogP contribution in [0.15, 0.2) is 18.3 Å². The van der Waals surface area contributed by atoms with Crippen LogP contribution in [0.3, 0.4) is 0 Å². The van der Waals surface area contributed by atoms with E-state index >= 15 is 0 Å². The van der Waals surface area contributed by atoms with Gasteiger partial charge in [-0.15, -0.1) is 0 Å². The Bertz CT molecular complexity index is 406. The van der Waals surface area contributed by atoms with Crippen LogP contribution in [-0.2, 0) is 4.79 Å². The molecule has 2 rings (SSSR count). The molecule has 2 atom stereocenters. The van der Waals surface area contributed by atoms with Gasteiger partial charge in [-0.2, -0.15) is 0 Å². The third-order valence-corrected chi connectivity index (χ3v) is 3.17. The lowest BCUT2D eigenvalue weighted by Crippen LogP contribution is -2.23. The summed E-state index contributed by atoms with van der Waals surface area (Å²) in [6.07, 6.45) is 1.77. The Hall–Kier alpha value is -1.58. The first-order chi connectivity index (χ1) is 7.58. The molecule has 16 heavy (non-hydrogen) atoms. The molecule has 4 heteroatoms. The molecule has 4 nitrogen and oxygen atoms in total. The number of carbonyl (C=O) groups is 1. The van der Waals surface area contributed by atoms with E-state index in [0.717, 1.165) is 17.9 Å². The maximum absolute atomic E-state index is 11.0. The molecular weight excluding hydrogens is 204 g/mol. The maximum Gasteiger partial charge on any atom is 0.308 e. The summed E-state index contributed by atoms with van der Waals surface area (Å²) in [5.41, 5.74) is 2.03. The van der Waals surface area contributed by atoms with Crippen molar-refractivity contribution < 1.29 is 9.90 Å². The largest absolute Gasteiger partial charge is 0.481 e. The zero-order chi connectivity index (χ0) is 11.7. The molecule has 1 aliphatic heterocycles. The van der Waals surface area contributed by atoms with Crippen LogP contribution in [0.5, 0.6) is 0 Å². The third-order valence-electron chi connectivity index (χ3n) is 3.17. The van der Waals surface area contributed by atoms with Crippen LogP contribution in [0, 0.1) is 18.8 Å². The van der Waals surface area contributed by atoms with Crippen molar-refractivity contribution in [1.82, 2.24) is 4.98 Å². The first-order valence-electron chi connectivity index (χ1n) is 5.48. The predicted octanol–water partition coefficient (Wildman–Crippen LogP) is 1.55. The summed E-state index contributed by atoms with van der Waals surface area (Å²) in [5.74, 6) is -0.750. The predicted molar refractivity (Wildman–Crippen MR) is 61.5 cm³/mol. The lowest BCUT2D eigenvalue weighted by Gasteiger charge is -2.18. The van der Waals surface area contributed by atoms with Gasteiger partial charge in [0, 0.05) is 30.7 Å². The van der Waals surface area contributed by atoms with E-state index in [0.29, 0.717) is 6.54 Å². The molecule has 86 valence electrons. The quantitative estimate of drug-likeness (QED) is 0.821. The van der Waals surface area contributed by atoms with Gasteiger partial charge in [-0.25, -0.2) is 0 Å². The van der Waals surface area contributed by atoms with Crippen molar-refractivity contribution in [2.24, 2.45) is 11.8 Å². The first kappa shape index (κ1) is 10.9. The van der Waals surface area contributed by atoms with Gasteiger partial charge >= 0.3 is 5.97 Å². The van der Waals surface area contributed by atoms with Gasteiger partial charge in [0.05, 0.1) is 5.92 Å². The minimum atomic E-state index is -0.694. The number of pyridine rings is 1. The molecule has 1 aromatic rings. The van der Waals surface area contributed by atoms with E-state index in [9.17, 15) is 4.79 Å². The van der Waals surface area contributed by atoms with Gasteiger partial charge in [-0.3, -0.25) is 9.78 Å². The number of rotatable bonds is 2. The van der Waals surface area contributed by atoms with Gasteiger partial charge < -0.3 is 10.0 Å². The van der Waals surface area contributed by atoms with Gasteiger partial charge in [-0.1, -0.05) is 6.92 Å². The van der Waals surface area contributed by atoms with Crippen molar-refractivity contribution in [1.29, 1.82) is 0 Å². The highest BCUT2D eigenvalue weighted by Crippen LogP contribution is 2.28. The van der Waals surface area contributed by atoms with Crippen LogP contribution in [0.25, 0.3) is 0 Å². The molecule has 2 heterocycles. The molecule has 0 amide bonds. The molecule has 0 aromatic carbocycles. The minimum Gasteiger partial charge on any atom is -0.481 e. The summed E-state index contributed by atoms with van der Waals surface area (Å²) in [6, 6.07) is 3.93. The average molecular weight is 220 g/mol. The van der Waals surface area contributed by atoms with Crippen molar-refractivity contribution in [2.45, 2.75) is 13.8 Å². The summed E-state index contributed by atoms with van der Waals surface area (Å²) in [6.45, 7) is 5.34. The van der Waals surface area contributed by atoms with Crippen LogP contribution in [0.2, 0.25) is 0 Å². The molecule has 0 radical (unpaired) electrons. The Balaban J connectivity index is 2.16. The van der Waals surface area contributed by atoms with Crippen LogP contribution >= 0.6 is 0 Å². The van der Waals surface area contributed by atoms with E-state index in [-0.39, 0.29) is 11.8 Å². The van der Waals surface area contributed by atoms with Gasteiger partial charge in [0.25, 0.3) is 0 Å². The smallest absolute Gasteiger partial charge is 0.308 e. The number of anilines is 1. The molecule has 0 spiro atoms. The summed E-state index contributed by atoms with van der Waals surface area (Å²) in [7, 11) is 0. The second kappa shape index (κ2) is 4.12. The topological polar surface area (TPSA) is 53.4 Å². The van der Waals surface area contributed by atoms with Crippen LogP contribution in [-0.4, -0.2) is 29.1 Å². The monoisotopic (exact) mass is 220 g/mol. The number of hydrogen-bond donors (Lipinski definition) is 1. The molecule has 1 aromatic heterocycles. The van der Waals surface area contributed by atoms with E-state index in [1.807, 2.05) is 26.0 Å². The number of aromatic nitrogens is 1. The Kier molecular flexibility index (Phi) is 2.81. The molecule has 0 unspecified atom stereocenters. The molecule has 1 aliphatic rings. The molecule has 1 N–H and O–H groups in total. The molecule has 0 saturated carbocycles. The molecule has 0 aliphatic carbocycles. The number of hydrogen-bond acceptors (Lipinski definition) is 3. The van der Waals surface area contributed by atoms with E-state index in [2.05, 4.69) is 9.88 Å². The Labute approximate surface area is 94.9 Å². The zero-order valence-electron chi connectivity index (χ0n) is 9.55. The minimum absolute atomic E-state index is 0.200. The van der Waals surface area contributed by atoms with Crippen molar-refractivity contribution in [2.75, 3.05) is 18.0 Å². The summed E-state index contributed by atoms with van der Waals surface area (Å²) < 4.78 is 0. The van der Waals surface area contributed by atoms with Crippen LogP contribution < -0.4 is 4.90 Å². The fraction of sp³-hybridized carbons (Fsp3) is 0.500. The van der Waals surface area contributed by atoms with Gasteiger partial charge in [-0.05, 0) is 25.0 Å². The fourth-order valence-electron chi connectivity index (χ4n) is 2.23. The summed E-state index contributed by atoms with van der Waals surface area (Å²) >= 11 is 0. The van der Waals surface area contributed by atoms with E-state index in [4.69, 9.17) is 5.11 Å². The van der Waals surface area contributed by atoms with Gasteiger partial charge in [0.15, 0.2) is 0 Å². The van der Waals surface area contributed by atoms with E-state index < -0.39 is 5.97 Å². The van der Waals surface area contributed by atoms with E-state index in [1.54, 1.807) is 6.20 Å².